The molecule has 0 aliphatic rings. The molecule has 2 rings (SSSR count). The zero-order chi connectivity index (χ0) is 16.5. The number of rotatable bonds is 3. The molecule has 0 aromatic heterocycles. The lowest BCUT2D eigenvalue weighted by atomic mass is 9.99. The maximum absolute atomic E-state index is 12.5. The summed E-state index contributed by atoms with van der Waals surface area (Å²) in [4.78, 5) is 0. The second kappa shape index (κ2) is 5.62. The van der Waals surface area contributed by atoms with E-state index >= 15 is 0 Å². The molecule has 0 radical (unpaired) electrons. The van der Waals surface area contributed by atoms with Crippen molar-refractivity contribution in [1.82, 2.24) is 0 Å². The van der Waals surface area contributed by atoms with Gasteiger partial charge in [0.1, 0.15) is 0 Å². The number of hydrogen-bond donors (Lipinski definition) is 2. The summed E-state index contributed by atoms with van der Waals surface area (Å²) in [5, 5.41) is 4.88. The van der Waals surface area contributed by atoms with Crippen LogP contribution in [0.2, 0.25) is 0 Å². The minimum atomic E-state index is -4.38. The number of alkyl halides is 3. The van der Waals surface area contributed by atoms with Crippen molar-refractivity contribution < 1.29 is 21.6 Å². The molecular formula is C14H13F3N2O2S. The Kier molecular flexibility index (Phi) is 4.17. The number of nitrogens with one attached hydrogen (secondary N) is 1. The van der Waals surface area contributed by atoms with Crippen LogP contribution in [0.5, 0.6) is 0 Å². The van der Waals surface area contributed by atoms with Crippen molar-refractivity contribution in [3.05, 3.63) is 53.6 Å². The van der Waals surface area contributed by atoms with E-state index in [-0.39, 0.29) is 5.69 Å². The lowest BCUT2D eigenvalue weighted by Gasteiger charge is -2.11. The van der Waals surface area contributed by atoms with Gasteiger partial charge in [0, 0.05) is 0 Å². The molecule has 8 heteroatoms. The van der Waals surface area contributed by atoms with E-state index in [1.165, 1.54) is 18.2 Å². The van der Waals surface area contributed by atoms with E-state index in [1.54, 1.807) is 19.1 Å². The smallest absolute Gasteiger partial charge is 0.271 e. The van der Waals surface area contributed by atoms with Crippen LogP contribution in [-0.2, 0) is 16.4 Å². The van der Waals surface area contributed by atoms with E-state index in [2.05, 4.69) is 4.72 Å². The first kappa shape index (κ1) is 16.3. The Morgan fingerprint density at radius 3 is 2.09 bits per heavy atom. The van der Waals surface area contributed by atoms with Gasteiger partial charge in [0.15, 0.2) is 0 Å². The summed E-state index contributed by atoms with van der Waals surface area (Å²) in [7, 11) is -3.87. The number of anilines is 1. The van der Waals surface area contributed by atoms with E-state index in [4.69, 9.17) is 5.14 Å². The Balaban J connectivity index is 2.34. The third kappa shape index (κ3) is 3.99. The van der Waals surface area contributed by atoms with Crippen molar-refractivity contribution in [2.75, 3.05) is 4.72 Å². The molecule has 0 spiro atoms. The van der Waals surface area contributed by atoms with Gasteiger partial charge in [0.25, 0.3) is 10.2 Å². The Morgan fingerprint density at radius 1 is 1.05 bits per heavy atom. The molecule has 2 aromatic carbocycles. The standard InChI is InChI=1S/C14H13F3N2O2S/c1-9-8-12(19-22(18,20)21)6-7-13(9)10-2-4-11(5-3-10)14(15,16)17/h2-8,19H,1H3,(H2,18,20,21). The van der Waals surface area contributed by atoms with Crippen LogP contribution in [0, 0.1) is 6.92 Å². The van der Waals surface area contributed by atoms with Crippen molar-refractivity contribution in [3.63, 3.8) is 0 Å². The van der Waals surface area contributed by atoms with Crippen LogP contribution >= 0.6 is 0 Å². The molecule has 0 unspecified atom stereocenters. The topological polar surface area (TPSA) is 72.2 Å². The molecule has 0 bridgehead atoms. The van der Waals surface area contributed by atoms with Gasteiger partial charge in [0.2, 0.25) is 0 Å². The van der Waals surface area contributed by atoms with Crippen LogP contribution in [0.25, 0.3) is 11.1 Å². The van der Waals surface area contributed by atoms with Crippen LogP contribution < -0.4 is 9.86 Å². The zero-order valence-corrected chi connectivity index (χ0v) is 12.3. The second-order valence-electron chi connectivity index (χ2n) is 4.75. The summed E-state index contributed by atoms with van der Waals surface area (Å²) >= 11 is 0. The predicted molar refractivity (Wildman–Crippen MR) is 78.3 cm³/mol. The molecule has 2 aromatic rings. The Hall–Kier alpha value is -2.06. The Morgan fingerprint density at radius 2 is 1.64 bits per heavy atom. The molecule has 0 amide bonds. The average Bonchev–Trinajstić information content (AvgIpc) is 2.36. The van der Waals surface area contributed by atoms with Gasteiger partial charge in [-0.25, -0.2) is 5.14 Å². The van der Waals surface area contributed by atoms with Gasteiger partial charge in [-0.3, -0.25) is 4.72 Å². The summed E-state index contributed by atoms with van der Waals surface area (Å²) in [5.74, 6) is 0. The van der Waals surface area contributed by atoms with E-state index in [0.717, 1.165) is 12.1 Å². The van der Waals surface area contributed by atoms with Crippen molar-refractivity contribution >= 4 is 15.9 Å². The second-order valence-corrected chi connectivity index (χ2v) is 6.05. The van der Waals surface area contributed by atoms with Crippen LogP contribution in [0.15, 0.2) is 42.5 Å². The summed E-state index contributed by atoms with van der Waals surface area (Å²) < 4.78 is 61.7. The van der Waals surface area contributed by atoms with Crippen LogP contribution in [0.3, 0.4) is 0 Å². The highest BCUT2D eigenvalue weighted by atomic mass is 32.2. The molecular weight excluding hydrogens is 317 g/mol. The maximum atomic E-state index is 12.5. The fourth-order valence-electron chi connectivity index (χ4n) is 2.05. The fourth-order valence-corrected chi connectivity index (χ4v) is 2.51. The molecule has 0 aliphatic heterocycles. The highest BCUT2D eigenvalue weighted by Gasteiger charge is 2.29. The normalized spacial score (nSPS) is 12.2. The molecule has 0 fully saturated rings. The van der Waals surface area contributed by atoms with E-state index in [9.17, 15) is 21.6 Å². The van der Waals surface area contributed by atoms with Crippen LogP contribution in [0.4, 0.5) is 18.9 Å². The number of benzene rings is 2. The third-order valence-corrected chi connectivity index (χ3v) is 3.53. The largest absolute Gasteiger partial charge is 0.416 e. The van der Waals surface area contributed by atoms with Crippen molar-refractivity contribution in [2.45, 2.75) is 13.1 Å². The van der Waals surface area contributed by atoms with Gasteiger partial charge in [-0.05, 0) is 47.9 Å². The van der Waals surface area contributed by atoms with Gasteiger partial charge in [0.05, 0.1) is 11.3 Å². The first-order chi connectivity index (χ1) is 10.1. The molecule has 0 atom stereocenters. The fraction of sp³-hybridized carbons (Fsp3) is 0.143. The molecule has 3 N–H and O–H groups in total. The maximum Gasteiger partial charge on any atom is 0.416 e. The third-order valence-electron chi connectivity index (χ3n) is 3.01. The SMILES string of the molecule is Cc1cc(NS(N)(=O)=O)ccc1-c1ccc(C(F)(F)F)cc1. The molecule has 4 nitrogen and oxygen atoms in total. The molecule has 118 valence electrons. The van der Waals surface area contributed by atoms with Crippen molar-refractivity contribution in [3.8, 4) is 11.1 Å². The van der Waals surface area contributed by atoms with Gasteiger partial charge in [-0.2, -0.15) is 21.6 Å². The molecule has 0 heterocycles. The summed E-state index contributed by atoms with van der Waals surface area (Å²) in [6.45, 7) is 1.72. The average molecular weight is 330 g/mol. The van der Waals surface area contributed by atoms with E-state index in [0.29, 0.717) is 16.7 Å². The predicted octanol–water partition coefficient (Wildman–Crippen LogP) is 3.30. The Labute approximate surface area is 126 Å². The van der Waals surface area contributed by atoms with Crippen LogP contribution in [0.1, 0.15) is 11.1 Å². The van der Waals surface area contributed by atoms with Crippen molar-refractivity contribution in [2.24, 2.45) is 5.14 Å². The first-order valence-electron chi connectivity index (χ1n) is 6.15. The van der Waals surface area contributed by atoms with Gasteiger partial charge >= 0.3 is 6.18 Å². The van der Waals surface area contributed by atoms with Gasteiger partial charge < -0.3 is 0 Å². The minimum Gasteiger partial charge on any atom is -0.271 e. The van der Waals surface area contributed by atoms with Gasteiger partial charge in [-0.1, -0.05) is 18.2 Å². The molecule has 0 aliphatic carbocycles. The molecule has 22 heavy (non-hydrogen) atoms. The van der Waals surface area contributed by atoms with Gasteiger partial charge in [-0.15, -0.1) is 0 Å². The highest BCUT2D eigenvalue weighted by Crippen LogP contribution is 2.32. The quantitative estimate of drug-likeness (QED) is 0.906. The minimum absolute atomic E-state index is 0.288. The monoisotopic (exact) mass is 330 g/mol. The first-order valence-corrected chi connectivity index (χ1v) is 7.70. The van der Waals surface area contributed by atoms with E-state index < -0.39 is 21.9 Å². The lowest BCUT2D eigenvalue weighted by Crippen LogP contribution is -2.21. The summed E-state index contributed by atoms with van der Waals surface area (Å²) in [6.07, 6.45) is -4.38. The zero-order valence-electron chi connectivity index (χ0n) is 11.5. The number of hydrogen-bond acceptors (Lipinski definition) is 2. The number of halogens is 3. The highest BCUT2D eigenvalue weighted by molar-refractivity contribution is 7.90. The number of aryl methyl sites for hydroxylation is 1. The lowest BCUT2D eigenvalue weighted by molar-refractivity contribution is -0.137. The van der Waals surface area contributed by atoms with Crippen LogP contribution in [-0.4, -0.2) is 8.42 Å². The summed E-state index contributed by atoms with van der Waals surface area (Å²) in [5.41, 5.74) is 1.58. The van der Waals surface area contributed by atoms with Crippen molar-refractivity contribution in [1.29, 1.82) is 0 Å². The Bertz CT molecular complexity index is 785. The van der Waals surface area contributed by atoms with E-state index in [1.807, 2.05) is 0 Å². The molecule has 0 saturated heterocycles. The number of nitrogens with two attached hydrogens (primary N) is 1. The molecule has 0 saturated carbocycles. The summed E-state index contributed by atoms with van der Waals surface area (Å²) in [6, 6.07) is 9.42.